The summed E-state index contributed by atoms with van der Waals surface area (Å²) in [5, 5.41) is 6.77. The van der Waals surface area contributed by atoms with Gasteiger partial charge >= 0.3 is 6.03 Å². The first-order chi connectivity index (χ1) is 14.5. The summed E-state index contributed by atoms with van der Waals surface area (Å²) in [6, 6.07) is 9.62. The Bertz CT molecular complexity index is 1050. The number of aryl methyl sites for hydroxylation is 2. The first kappa shape index (κ1) is 18.7. The van der Waals surface area contributed by atoms with Gasteiger partial charge in [0.1, 0.15) is 22.9 Å². The fourth-order valence-electron chi connectivity index (χ4n) is 3.97. The fourth-order valence-corrected chi connectivity index (χ4v) is 3.97. The topological polar surface area (TPSA) is 90.0 Å². The highest BCUT2D eigenvalue weighted by Gasteiger charge is 2.42. The molecule has 2 aromatic heterocycles. The highest BCUT2D eigenvalue weighted by Crippen LogP contribution is 2.39. The lowest BCUT2D eigenvalue weighted by Crippen LogP contribution is -2.53. The van der Waals surface area contributed by atoms with Crippen molar-refractivity contribution in [2.75, 3.05) is 18.4 Å². The van der Waals surface area contributed by atoms with Gasteiger partial charge in [0.15, 0.2) is 5.76 Å². The lowest BCUT2D eigenvalue weighted by molar-refractivity contribution is -0.225. The Morgan fingerprint density at radius 2 is 2.03 bits per heavy atom. The van der Waals surface area contributed by atoms with Gasteiger partial charge in [-0.05, 0) is 44.2 Å². The molecule has 1 saturated heterocycles. The molecule has 1 aromatic carbocycles. The summed E-state index contributed by atoms with van der Waals surface area (Å²) in [4.78, 5) is 14.4. The highest BCUT2D eigenvalue weighted by atomic mass is 16.7. The number of ether oxygens (including phenoxy) is 2. The number of amides is 2. The Balaban J connectivity index is 1.24. The van der Waals surface area contributed by atoms with E-state index in [1.54, 1.807) is 25.0 Å². The van der Waals surface area contributed by atoms with E-state index in [1.165, 1.54) is 0 Å². The predicted molar refractivity (Wildman–Crippen MR) is 108 cm³/mol. The van der Waals surface area contributed by atoms with Gasteiger partial charge < -0.3 is 28.6 Å². The second-order valence-electron chi connectivity index (χ2n) is 7.72. The minimum atomic E-state index is -0.695. The molecule has 0 aliphatic carbocycles. The Kier molecular flexibility index (Phi) is 4.51. The quantitative estimate of drug-likeness (QED) is 0.671. The number of fused-ring (bicyclic) bond motifs is 1. The van der Waals surface area contributed by atoms with Gasteiger partial charge in [-0.2, -0.15) is 0 Å². The molecule has 1 spiro atoms. The maximum atomic E-state index is 12.6. The van der Waals surface area contributed by atoms with E-state index in [9.17, 15) is 4.79 Å². The first-order valence-corrected chi connectivity index (χ1v) is 10.0. The molecule has 2 aliphatic rings. The monoisotopic (exact) mass is 409 g/mol. The van der Waals surface area contributed by atoms with Gasteiger partial charge in [-0.25, -0.2) is 4.79 Å². The molecule has 4 heterocycles. The van der Waals surface area contributed by atoms with Gasteiger partial charge in [-0.3, -0.25) is 0 Å². The molecule has 0 unspecified atom stereocenters. The van der Waals surface area contributed by atoms with E-state index in [0.717, 1.165) is 22.6 Å². The van der Waals surface area contributed by atoms with Gasteiger partial charge in [0.25, 0.3) is 0 Å². The van der Waals surface area contributed by atoms with Crippen LogP contribution in [0.15, 0.2) is 45.5 Å². The van der Waals surface area contributed by atoms with Crippen molar-refractivity contribution in [3.05, 3.63) is 53.6 Å². The van der Waals surface area contributed by atoms with Crippen molar-refractivity contribution < 1.29 is 23.2 Å². The molecule has 1 N–H and O–H groups in total. The predicted octanol–water partition coefficient (Wildman–Crippen LogP) is 4.48. The largest absolute Gasteiger partial charge is 0.464 e. The van der Waals surface area contributed by atoms with E-state index in [2.05, 4.69) is 10.5 Å². The van der Waals surface area contributed by atoms with Gasteiger partial charge in [-0.1, -0.05) is 5.16 Å². The molecule has 156 valence electrons. The number of hydrogen-bond donors (Lipinski definition) is 1. The van der Waals surface area contributed by atoms with Crippen LogP contribution in [0.3, 0.4) is 0 Å². The van der Waals surface area contributed by atoms with Crippen molar-refractivity contribution in [2.45, 2.75) is 39.1 Å². The molecular weight excluding hydrogens is 386 g/mol. The first-order valence-electron chi connectivity index (χ1n) is 10.0. The van der Waals surface area contributed by atoms with Crippen LogP contribution in [0.5, 0.6) is 5.75 Å². The van der Waals surface area contributed by atoms with Crippen molar-refractivity contribution in [2.24, 2.45) is 0 Å². The van der Waals surface area contributed by atoms with Crippen LogP contribution in [0.25, 0.3) is 11.3 Å². The number of nitrogens with one attached hydrogen (secondary N) is 1. The number of hydrogen-bond acceptors (Lipinski definition) is 6. The van der Waals surface area contributed by atoms with Gasteiger partial charge in [0, 0.05) is 37.1 Å². The van der Waals surface area contributed by atoms with Gasteiger partial charge in [0.05, 0.1) is 12.9 Å². The Labute approximate surface area is 173 Å². The molecule has 30 heavy (non-hydrogen) atoms. The number of aromatic nitrogens is 1. The number of rotatable bonds is 2. The van der Waals surface area contributed by atoms with E-state index in [-0.39, 0.29) is 6.03 Å². The maximum absolute atomic E-state index is 12.6. The summed E-state index contributed by atoms with van der Waals surface area (Å²) < 4.78 is 23.0. The third-order valence-corrected chi connectivity index (χ3v) is 5.73. The van der Waals surface area contributed by atoms with Crippen LogP contribution < -0.4 is 10.1 Å². The van der Waals surface area contributed by atoms with Gasteiger partial charge in [-0.15, -0.1) is 0 Å². The van der Waals surface area contributed by atoms with Crippen LogP contribution in [0.1, 0.15) is 29.9 Å². The summed E-state index contributed by atoms with van der Waals surface area (Å²) in [5.41, 5.74) is 3.28. The number of urea groups is 1. The lowest BCUT2D eigenvalue weighted by atomic mass is 10.0. The summed E-state index contributed by atoms with van der Waals surface area (Å²) in [6.07, 6.45) is 2.86. The summed E-state index contributed by atoms with van der Waals surface area (Å²) in [5.74, 6) is 1.54. The third-order valence-electron chi connectivity index (χ3n) is 5.73. The number of nitrogens with zero attached hydrogens (tertiary/aromatic N) is 2. The number of carbonyl (C=O) groups is 1. The van der Waals surface area contributed by atoms with E-state index >= 15 is 0 Å². The van der Waals surface area contributed by atoms with Crippen molar-refractivity contribution in [3.8, 4) is 17.1 Å². The minimum Gasteiger partial charge on any atom is -0.464 e. The zero-order valence-electron chi connectivity index (χ0n) is 16.9. The number of piperidine rings is 1. The molecule has 0 radical (unpaired) electrons. The molecule has 8 nitrogen and oxygen atoms in total. The summed E-state index contributed by atoms with van der Waals surface area (Å²) >= 11 is 0. The van der Waals surface area contributed by atoms with Crippen molar-refractivity contribution >= 4 is 11.7 Å². The van der Waals surface area contributed by atoms with Crippen LogP contribution in [0.4, 0.5) is 10.5 Å². The highest BCUT2D eigenvalue weighted by molar-refractivity contribution is 5.90. The Morgan fingerprint density at radius 3 is 2.73 bits per heavy atom. The number of benzene rings is 1. The number of likely N-dealkylation sites (tertiary alicyclic amines) is 1. The fraction of sp³-hybridized carbons (Fsp3) is 0.364. The Hall–Kier alpha value is -3.26. The molecule has 3 aromatic rings. The SMILES string of the molecule is Cc1noc(C)c1NC(=O)N1CCC2(CC1)OCc1cc(-c3ccco3)ccc1O2. The van der Waals surface area contributed by atoms with Crippen LogP contribution in [-0.4, -0.2) is 35.0 Å². The molecule has 2 amide bonds. The molecule has 0 bridgehead atoms. The zero-order chi connectivity index (χ0) is 20.7. The molecule has 8 heteroatoms. The van der Waals surface area contributed by atoms with Gasteiger partial charge in [0.2, 0.25) is 5.79 Å². The van der Waals surface area contributed by atoms with E-state index < -0.39 is 5.79 Å². The van der Waals surface area contributed by atoms with E-state index in [1.807, 2.05) is 30.3 Å². The lowest BCUT2D eigenvalue weighted by Gasteiger charge is -2.43. The molecule has 0 atom stereocenters. The van der Waals surface area contributed by atoms with E-state index in [4.69, 9.17) is 18.4 Å². The number of anilines is 1. The van der Waals surface area contributed by atoms with Crippen LogP contribution in [0.2, 0.25) is 0 Å². The summed E-state index contributed by atoms with van der Waals surface area (Å²) in [7, 11) is 0. The second kappa shape index (κ2) is 7.21. The van der Waals surface area contributed by atoms with Crippen molar-refractivity contribution in [3.63, 3.8) is 0 Å². The maximum Gasteiger partial charge on any atom is 0.321 e. The smallest absolute Gasteiger partial charge is 0.321 e. The van der Waals surface area contributed by atoms with E-state index in [0.29, 0.717) is 49.7 Å². The average molecular weight is 409 g/mol. The molecule has 1 fully saturated rings. The number of carbonyl (C=O) groups excluding carboxylic acids is 1. The molecule has 5 rings (SSSR count). The third kappa shape index (κ3) is 3.33. The minimum absolute atomic E-state index is 0.168. The second-order valence-corrected chi connectivity index (χ2v) is 7.72. The standard InChI is InChI=1S/C22H23N3O5/c1-14-20(15(2)30-24-14)23-21(26)25-9-7-22(8-10-25)28-13-17-12-16(5-6-19(17)29-22)18-4-3-11-27-18/h3-6,11-12H,7-10,13H2,1-2H3,(H,23,26). The molecular formula is C22H23N3O5. The average Bonchev–Trinajstić information content (AvgIpc) is 3.40. The molecule has 2 aliphatic heterocycles. The zero-order valence-corrected chi connectivity index (χ0v) is 16.9. The van der Waals surface area contributed by atoms with Crippen molar-refractivity contribution in [1.82, 2.24) is 10.1 Å². The van der Waals surface area contributed by atoms with Crippen LogP contribution >= 0.6 is 0 Å². The number of furan rings is 1. The Morgan fingerprint density at radius 1 is 1.20 bits per heavy atom. The molecule has 0 saturated carbocycles. The van der Waals surface area contributed by atoms with Crippen molar-refractivity contribution in [1.29, 1.82) is 0 Å². The normalized spacial score (nSPS) is 17.5. The summed E-state index contributed by atoms with van der Waals surface area (Å²) in [6.45, 7) is 5.12. The van der Waals surface area contributed by atoms with Crippen LogP contribution in [-0.2, 0) is 11.3 Å². The van der Waals surface area contributed by atoms with Crippen LogP contribution in [0, 0.1) is 13.8 Å².